The van der Waals surface area contributed by atoms with Gasteiger partial charge in [-0.25, -0.2) is 9.78 Å². The van der Waals surface area contributed by atoms with Crippen molar-refractivity contribution in [3.63, 3.8) is 0 Å². The minimum Gasteiger partial charge on any atom is -0.477 e. The molecule has 2 heterocycles. The molecule has 0 aromatic carbocycles. The Labute approximate surface area is 110 Å². The van der Waals surface area contributed by atoms with Crippen LogP contribution >= 0.6 is 0 Å². The summed E-state index contributed by atoms with van der Waals surface area (Å²) in [6.45, 7) is 1.35. The van der Waals surface area contributed by atoms with E-state index in [0.717, 1.165) is 25.7 Å². The minimum atomic E-state index is -1.18. The lowest BCUT2D eigenvalue weighted by molar-refractivity contribution is -0.384. The predicted octanol–water partition coefficient (Wildman–Crippen LogP) is 2.07. The summed E-state index contributed by atoms with van der Waals surface area (Å²) in [5, 5.41) is 20.0. The Morgan fingerprint density at radius 3 is 2.42 bits per heavy atom. The van der Waals surface area contributed by atoms with E-state index in [4.69, 9.17) is 5.11 Å². The second kappa shape index (κ2) is 5.64. The lowest BCUT2D eigenvalue weighted by atomic mass is 10.2. The second-order valence-corrected chi connectivity index (χ2v) is 4.50. The Bertz CT molecular complexity index is 496. The molecule has 7 nitrogen and oxygen atoms in total. The van der Waals surface area contributed by atoms with Crippen molar-refractivity contribution in [3.05, 3.63) is 27.9 Å². The molecule has 0 spiro atoms. The van der Waals surface area contributed by atoms with Gasteiger partial charge in [0.05, 0.1) is 4.92 Å². The molecule has 1 aliphatic heterocycles. The number of aromatic nitrogens is 1. The SMILES string of the molecule is O=C(O)c1ccc([N+](=O)[O-])c(N2CCCCCC2)n1. The Hall–Kier alpha value is -2.18. The molecule has 0 amide bonds. The summed E-state index contributed by atoms with van der Waals surface area (Å²) < 4.78 is 0. The summed E-state index contributed by atoms with van der Waals surface area (Å²) in [4.78, 5) is 27.2. The van der Waals surface area contributed by atoms with Crippen LogP contribution in [0.3, 0.4) is 0 Å². The van der Waals surface area contributed by atoms with Crippen molar-refractivity contribution in [2.75, 3.05) is 18.0 Å². The molecule has 1 N–H and O–H groups in total. The van der Waals surface area contributed by atoms with Crippen LogP contribution in [0.1, 0.15) is 36.2 Å². The second-order valence-electron chi connectivity index (χ2n) is 4.50. The number of rotatable bonds is 3. The Morgan fingerprint density at radius 2 is 1.89 bits per heavy atom. The number of pyridine rings is 1. The topological polar surface area (TPSA) is 96.6 Å². The van der Waals surface area contributed by atoms with Crippen molar-refractivity contribution in [2.45, 2.75) is 25.7 Å². The van der Waals surface area contributed by atoms with E-state index in [2.05, 4.69) is 4.98 Å². The zero-order chi connectivity index (χ0) is 13.8. The van der Waals surface area contributed by atoms with Crippen LogP contribution < -0.4 is 4.90 Å². The molecule has 1 saturated heterocycles. The third-order valence-electron chi connectivity index (χ3n) is 3.18. The van der Waals surface area contributed by atoms with Crippen LogP contribution in [0, 0.1) is 10.1 Å². The standard InChI is InChI=1S/C12H15N3O4/c16-12(17)9-5-6-10(15(18)19)11(13-9)14-7-3-1-2-4-8-14/h5-6H,1-4,7-8H2,(H,16,17). The van der Waals surface area contributed by atoms with Gasteiger partial charge in [-0.05, 0) is 18.9 Å². The first kappa shape index (κ1) is 13.3. The minimum absolute atomic E-state index is 0.132. The number of nitrogens with zero attached hydrogens (tertiary/aromatic N) is 3. The number of nitro groups is 1. The molecule has 0 aliphatic carbocycles. The van der Waals surface area contributed by atoms with Crippen LogP contribution in [0.5, 0.6) is 0 Å². The number of hydrogen-bond donors (Lipinski definition) is 1. The summed E-state index contributed by atoms with van der Waals surface area (Å²) in [5.74, 6) is -1.00. The number of carboxylic acid groups (broad SMARTS) is 1. The summed E-state index contributed by atoms with van der Waals surface area (Å²) >= 11 is 0. The van der Waals surface area contributed by atoms with E-state index in [9.17, 15) is 14.9 Å². The molecule has 0 bridgehead atoms. The molecule has 0 saturated carbocycles. The van der Waals surface area contributed by atoms with E-state index in [1.807, 2.05) is 4.90 Å². The average molecular weight is 265 g/mol. The summed E-state index contributed by atoms with van der Waals surface area (Å²) in [7, 11) is 0. The van der Waals surface area contributed by atoms with Crippen molar-refractivity contribution >= 4 is 17.5 Å². The number of aromatic carboxylic acids is 1. The third-order valence-corrected chi connectivity index (χ3v) is 3.18. The fourth-order valence-corrected chi connectivity index (χ4v) is 2.22. The van der Waals surface area contributed by atoms with Crippen LogP contribution in [0.25, 0.3) is 0 Å². The highest BCUT2D eigenvalue weighted by Gasteiger charge is 2.23. The first-order valence-electron chi connectivity index (χ1n) is 6.23. The predicted molar refractivity (Wildman–Crippen MR) is 68.5 cm³/mol. The van der Waals surface area contributed by atoms with E-state index in [1.165, 1.54) is 12.1 Å². The summed E-state index contributed by atoms with van der Waals surface area (Å²) in [5.41, 5.74) is -0.295. The maximum atomic E-state index is 11.0. The Kier molecular flexibility index (Phi) is 3.94. The third kappa shape index (κ3) is 2.98. The monoisotopic (exact) mass is 265 g/mol. The molecule has 0 unspecified atom stereocenters. The Balaban J connectivity index is 2.41. The van der Waals surface area contributed by atoms with Crippen molar-refractivity contribution in [1.82, 2.24) is 4.98 Å². The maximum Gasteiger partial charge on any atom is 0.354 e. The summed E-state index contributed by atoms with van der Waals surface area (Å²) in [6, 6.07) is 2.39. The molecule has 0 radical (unpaired) electrons. The van der Waals surface area contributed by atoms with Crippen molar-refractivity contribution in [2.24, 2.45) is 0 Å². The lowest BCUT2D eigenvalue weighted by Gasteiger charge is -2.21. The molecule has 1 fully saturated rings. The first-order valence-corrected chi connectivity index (χ1v) is 6.23. The number of anilines is 1. The van der Waals surface area contributed by atoms with Gasteiger partial charge < -0.3 is 10.0 Å². The molecule has 102 valence electrons. The highest BCUT2D eigenvalue weighted by atomic mass is 16.6. The van der Waals surface area contributed by atoms with E-state index < -0.39 is 10.9 Å². The van der Waals surface area contributed by atoms with Crippen LogP contribution in [-0.2, 0) is 0 Å². The van der Waals surface area contributed by atoms with Gasteiger partial charge in [-0.2, -0.15) is 0 Å². The maximum absolute atomic E-state index is 11.0. The normalized spacial score (nSPS) is 15.9. The number of carboxylic acids is 1. The molecular weight excluding hydrogens is 250 g/mol. The molecule has 1 aromatic heterocycles. The average Bonchev–Trinajstić information content (AvgIpc) is 2.66. The quantitative estimate of drug-likeness (QED) is 0.663. The van der Waals surface area contributed by atoms with Crippen molar-refractivity contribution in [1.29, 1.82) is 0 Å². The number of carbonyl (C=O) groups is 1. The van der Waals surface area contributed by atoms with E-state index in [0.29, 0.717) is 13.1 Å². The van der Waals surface area contributed by atoms with Crippen molar-refractivity contribution < 1.29 is 14.8 Å². The zero-order valence-electron chi connectivity index (χ0n) is 10.4. The van der Waals surface area contributed by atoms with Gasteiger partial charge in [0.25, 0.3) is 0 Å². The van der Waals surface area contributed by atoms with Gasteiger partial charge in [0.2, 0.25) is 5.82 Å². The largest absolute Gasteiger partial charge is 0.477 e. The van der Waals surface area contributed by atoms with Crippen LogP contribution in [0.4, 0.5) is 11.5 Å². The smallest absolute Gasteiger partial charge is 0.354 e. The molecule has 7 heteroatoms. The van der Waals surface area contributed by atoms with E-state index in [1.54, 1.807) is 0 Å². The van der Waals surface area contributed by atoms with Gasteiger partial charge in [0.15, 0.2) is 5.69 Å². The fourth-order valence-electron chi connectivity index (χ4n) is 2.22. The molecule has 2 rings (SSSR count). The lowest BCUT2D eigenvalue weighted by Crippen LogP contribution is -2.26. The van der Waals surface area contributed by atoms with Crippen LogP contribution in [0.2, 0.25) is 0 Å². The van der Waals surface area contributed by atoms with E-state index in [-0.39, 0.29) is 17.2 Å². The van der Waals surface area contributed by atoms with Gasteiger partial charge >= 0.3 is 11.7 Å². The molecule has 1 aliphatic rings. The molecule has 1 aromatic rings. The van der Waals surface area contributed by atoms with Crippen molar-refractivity contribution in [3.8, 4) is 0 Å². The number of hydrogen-bond acceptors (Lipinski definition) is 5. The van der Waals surface area contributed by atoms with Crippen LogP contribution in [0.15, 0.2) is 12.1 Å². The summed E-state index contributed by atoms with van der Waals surface area (Å²) in [6.07, 6.45) is 4.05. The molecular formula is C12H15N3O4. The van der Waals surface area contributed by atoms with Gasteiger partial charge in [-0.3, -0.25) is 10.1 Å². The van der Waals surface area contributed by atoms with E-state index >= 15 is 0 Å². The highest BCUT2D eigenvalue weighted by molar-refractivity contribution is 5.86. The van der Waals surface area contributed by atoms with Gasteiger partial charge in [0.1, 0.15) is 0 Å². The fraction of sp³-hybridized carbons (Fsp3) is 0.500. The Morgan fingerprint density at radius 1 is 1.26 bits per heavy atom. The van der Waals surface area contributed by atoms with Gasteiger partial charge in [-0.1, -0.05) is 12.8 Å². The highest BCUT2D eigenvalue weighted by Crippen LogP contribution is 2.28. The molecule has 19 heavy (non-hydrogen) atoms. The van der Waals surface area contributed by atoms with Gasteiger partial charge in [-0.15, -0.1) is 0 Å². The zero-order valence-corrected chi connectivity index (χ0v) is 10.4. The van der Waals surface area contributed by atoms with Gasteiger partial charge in [0, 0.05) is 19.2 Å². The van der Waals surface area contributed by atoms with Crippen LogP contribution in [-0.4, -0.2) is 34.1 Å². The molecule has 0 atom stereocenters. The first-order chi connectivity index (χ1) is 9.09.